The molecule has 0 heterocycles. The summed E-state index contributed by atoms with van der Waals surface area (Å²) in [7, 11) is 1.09. The third kappa shape index (κ3) is 2.48. The molecule has 88 valence electrons. The molecule has 0 fully saturated rings. The molecule has 5 heteroatoms. The number of halogens is 2. The lowest BCUT2D eigenvalue weighted by Crippen LogP contribution is -1.97. The Kier molecular flexibility index (Phi) is 3.17. The van der Waals surface area contributed by atoms with Gasteiger partial charge in [0, 0.05) is 16.2 Å². The molecule has 0 aliphatic carbocycles. The minimum absolute atomic E-state index is 0.215. The molecule has 0 bridgehead atoms. The Morgan fingerprint density at radius 2 is 1.59 bits per heavy atom. The zero-order valence-electron chi connectivity index (χ0n) is 8.60. The van der Waals surface area contributed by atoms with E-state index >= 15 is 0 Å². The van der Waals surface area contributed by atoms with Gasteiger partial charge in [0.1, 0.15) is 4.90 Å². The van der Waals surface area contributed by atoms with Crippen molar-refractivity contribution in [1.82, 2.24) is 0 Å². The highest BCUT2D eigenvalue weighted by molar-refractivity contribution is 8.13. The van der Waals surface area contributed by atoms with Crippen LogP contribution in [0.1, 0.15) is 0 Å². The SMILES string of the molecule is O=S(=O)(Cl)c1cccc(-c2ccccc2)c1F. The van der Waals surface area contributed by atoms with Crippen LogP contribution in [0.15, 0.2) is 53.4 Å². The standard InChI is InChI=1S/C12H8ClFO2S/c13-17(15,16)11-8-4-7-10(12(11)14)9-5-2-1-3-6-9/h1-8H. The summed E-state index contributed by atoms with van der Waals surface area (Å²) in [6, 6.07) is 12.8. The fourth-order valence-electron chi connectivity index (χ4n) is 1.54. The summed E-state index contributed by atoms with van der Waals surface area (Å²) < 4.78 is 36.3. The Hall–Kier alpha value is -1.39. The van der Waals surface area contributed by atoms with Crippen LogP contribution in [0.4, 0.5) is 4.39 Å². The van der Waals surface area contributed by atoms with Crippen molar-refractivity contribution in [3.8, 4) is 11.1 Å². The van der Waals surface area contributed by atoms with E-state index in [0.717, 1.165) is 6.07 Å². The van der Waals surface area contributed by atoms with Gasteiger partial charge in [-0.15, -0.1) is 0 Å². The minimum atomic E-state index is -4.07. The van der Waals surface area contributed by atoms with Gasteiger partial charge in [0.2, 0.25) is 0 Å². The van der Waals surface area contributed by atoms with Crippen LogP contribution < -0.4 is 0 Å². The van der Waals surface area contributed by atoms with Crippen molar-refractivity contribution in [2.75, 3.05) is 0 Å². The molecule has 17 heavy (non-hydrogen) atoms. The molecule has 2 rings (SSSR count). The van der Waals surface area contributed by atoms with E-state index in [-0.39, 0.29) is 5.56 Å². The van der Waals surface area contributed by atoms with Crippen LogP contribution in [0.3, 0.4) is 0 Å². The van der Waals surface area contributed by atoms with E-state index in [4.69, 9.17) is 10.7 Å². The highest BCUT2D eigenvalue weighted by Gasteiger charge is 2.18. The Labute approximate surface area is 103 Å². The third-order valence-electron chi connectivity index (χ3n) is 2.31. The fraction of sp³-hybridized carbons (Fsp3) is 0. The van der Waals surface area contributed by atoms with Crippen LogP contribution in [0, 0.1) is 5.82 Å². The minimum Gasteiger partial charge on any atom is -0.207 e. The first-order valence-electron chi connectivity index (χ1n) is 4.79. The van der Waals surface area contributed by atoms with Crippen LogP contribution in [0.5, 0.6) is 0 Å². The molecule has 0 atom stereocenters. The average Bonchev–Trinajstić information content (AvgIpc) is 2.29. The lowest BCUT2D eigenvalue weighted by atomic mass is 10.1. The predicted octanol–water partition coefficient (Wildman–Crippen LogP) is 3.42. The molecule has 0 N–H and O–H groups in total. The summed E-state index contributed by atoms with van der Waals surface area (Å²) in [5, 5.41) is 0. The average molecular weight is 271 g/mol. The van der Waals surface area contributed by atoms with Gasteiger partial charge >= 0.3 is 0 Å². The summed E-state index contributed by atoms with van der Waals surface area (Å²) in [4.78, 5) is -0.500. The van der Waals surface area contributed by atoms with E-state index in [9.17, 15) is 12.8 Å². The van der Waals surface area contributed by atoms with E-state index < -0.39 is 19.8 Å². The molecule has 0 saturated heterocycles. The number of hydrogen-bond acceptors (Lipinski definition) is 2. The molecule has 2 aromatic carbocycles. The molecular formula is C12H8ClFO2S. The van der Waals surface area contributed by atoms with E-state index in [2.05, 4.69) is 0 Å². The monoisotopic (exact) mass is 270 g/mol. The Morgan fingerprint density at radius 3 is 2.18 bits per heavy atom. The maximum absolute atomic E-state index is 14.0. The van der Waals surface area contributed by atoms with Crippen LogP contribution in [-0.2, 0) is 9.05 Å². The first kappa shape index (κ1) is 12.1. The van der Waals surface area contributed by atoms with Crippen molar-refractivity contribution in [1.29, 1.82) is 0 Å². The first-order valence-corrected chi connectivity index (χ1v) is 7.09. The number of benzene rings is 2. The number of rotatable bonds is 2. The van der Waals surface area contributed by atoms with Crippen LogP contribution in [-0.4, -0.2) is 8.42 Å². The van der Waals surface area contributed by atoms with Crippen molar-refractivity contribution in [2.24, 2.45) is 0 Å². The second kappa shape index (κ2) is 4.47. The Bertz CT molecular complexity index is 639. The van der Waals surface area contributed by atoms with Gasteiger partial charge in [-0.25, -0.2) is 12.8 Å². The second-order valence-corrected chi connectivity index (χ2v) is 5.96. The summed E-state index contributed by atoms with van der Waals surface area (Å²) in [6.07, 6.45) is 0. The van der Waals surface area contributed by atoms with Crippen LogP contribution in [0.2, 0.25) is 0 Å². The molecule has 0 radical (unpaired) electrons. The highest BCUT2D eigenvalue weighted by atomic mass is 35.7. The zero-order valence-corrected chi connectivity index (χ0v) is 10.2. The van der Waals surface area contributed by atoms with E-state index in [1.165, 1.54) is 12.1 Å². The highest BCUT2D eigenvalue weighted by Crippen LogP contribution is 2.28. The maximum atomic E-state index is 14.0. The van der Waals surface area contributed by atoms with Gasteiger partial charge in [0.05, 0.1) is 0 Å². The molecule has 0 spiro atoms. The zero-order chi connectivity index (χ0) is 12.5. The summed E-state index contributed by atoms with van der Waals surface area (Å²) >= 11 is 0. The number of hydrogen-bond donors (Lipinski definition) is 0. The molecule has 0 aliphatic heterocycles. The molecule has 0 aromatic heterocycles. The molecule has 0 amide bonds. The normalized spacial score (nSPS) is 11.4. The topological polar surface area (TPSA) is 34.1 Å². The molecule has 2 nitrogen and oxygen atoms in total. The second-order valence-electron chi connectivity index (χ2n) is 3.42. The molecule has 0 aliphatic rings. The van der Waals surface area contributed by atoms with Gasteiger partial charge in [-0.05, 0) is 11.6 Å². The molecule has 0 saturated carbocycles. The predicted molar refractivity (Wildman–Crippen MR) is 64.9 cm³/mol. The first-order chi connectivity index (χ1) is 8.00. The van der Waals surface area contributed by atoms with E-state index in [1.54, 1.807) is 30.3 Å². The smallest absolute Gasteiger partial charge is 0.207 e. The van der Waals surface area contributed by atoms with Crippen molar-refractivity contribution in [3.05, 3.63) is 54.3 Å². The summed E-state index contributed by atoms with van der Waals surface area (Å²) in [6.45, 7) is 0. The van der Waals surface area contributed by atoms with Gasteiger partial charge in [0.15, 0.2) is 5.82 Å². The Morgan fingerprint density at radius 1 is 0.941 bits per heavy atom. The molecular weight excluding hydrogens is 263 g/mol. The van der Waals surface area contributed by atoms with Gasteiger partial charge < -0.3 is 0 Å². The molecule has 2 aromatic rings. The van der Waals surface area contributed by atoms with Gasteiger partial charge in [-0.1, -0.05) is 42.5 Å². The van der Waals surface area contributed by atoms with Crippen molar-refractivity contribution in [3.63, 3.8) is 0 Å². The summed E-state index contributed by atoms with van der Waals surface area (Å²) in [5.41, 5.74) is 0.819. The van der Waals surface area contributed by atoms with Crippen molar-refractivity contribution in [2.45, 2.75) is 4.90 Å². The fourth-order valence-corrected chi connectivity index (χ4v) is 2.46. The lowest BCUT2D eigenvalue weighted by molar-refractivity contribution is 0.578. The van der Waals surface area contributed by atoms with E-state index in [0.29, 0.717) is 5.56 Å². The quantitative estimate of drug-likeness (QED) is 0.784. The largest absolute Gasteiger partial charge is 0.264 e. The lowest BCUT2D eigenvalue weighted by Gasteiger charge is -2.06. The summed E-state index contributed by atoms with van der Waals surface area (Å²) in [5.74, 6) is -0.825. The molecule has 0 unspecified atom stereocenters. The van der Waals surface area contributed by atoms with Crippen molar-refractivity contribution < 1.29 is 12.8 Å². The van der Waals surface area contributed by atoms with Crippen LogP contribution >= 0.6 is 10.7 Å². The van der Waals surface area contributed by atoms with Gasteiger partial charge in [-0.2, -0.15) is 0 Å². The van der Waals surface area contributed by atoms with Crippen LogP contribution in [0.25, 0.3) is 11.1 Å². The maximum Gasteiger partial charge on any atom is 0.264 e. The third-order valence-corrected chi connectivity index (χ3v) is 3.65. The Balaban J connectivity index is 2.67. The van der Waals surface area contributed by atoms with Gasteiger partial charge in [-0.3, -0.25) is 0 Å². The van der Waals surface area contributed by atoms with Crippen molar-refractivity contribution >= 4 is 19.7 Å². The van der Waals surface area contributed by atoms with Gasteiger partial charge in [0.25, 0.3) is 9.05 Å². The van der Waals surface area contributed by atoms with E-state index in [1.807, 2.05) is 0 Å².